The first kappa shape index (κ1) is 20.4. The number of benzene rings is 1. The van der Waals surface area contributed by atoms with E-state index in [-0.39, 0.29) is 18.9 Å². The van der Waals surface area contributed by atoms with Crippen LogP contribution in [0, 0.1) is 25.2 Å². The molecule has 152 valence electrons. The molecule has 1 aliphatic heterocycles. The van der Waals surface area contributed by atoms with Gasteiger partial charge >= 0.3 is 5.97 Å². The molecule has 0 aliphatic carbocycles. The van der Waals surface area contributed by atoms with E-state index in [4.69, 9.17) is 0 Å². The Hall–Kier alpha value is -2.34. The summed E-state index contributed by atoms with van der Waals surface area (Å²) >= 11 is 0. The Morgan fingerprint density at radius 1 is 1.32 bits per heavy atom. The van der Waals surface area contributed by atoms with E-state index in [1.165, 1.54) is 0 Å². The molecule has 1 aromatic heterocycles. The van der Waals surface area contributed by atoms with Gasteiger partial charge < -0.3 is 20.1 Å². The highest BCUT2D eigenvalue weighted by molar-refractivity contribution is 5.99. The second-order valence-corrected chi connectivity index (χ2v) is 8.56. The van der Waals surface area contributed by atoms with Gasteiger partial charge in [0.25, 0.3) is 5.91 Å². The van der Waals surface area contributed by atoms with Gasteiger partial charge in [0.15, 0.2) is 0 Å². The van der Waals surface area contributed by atoms with Crippen molar-refractivity contribution in [2.24, 2.45) is 11.3 Å². The summed E-state index contributed by atoms with van der Waals surface area (Å²) in [5.41, 5.74) is 2.41. The number of aliphatic carboxylic acids is 1. The number of nitrogens with one attached hydrogen (secondary N) is 1. The van der Waals surface area contributed by atoms with Crippen molar-refractivity contribution in [3.63, 3.8) is 0 Å². The average Bonchev–Trinajstić information content (AvgIpc) is 2.94. The second-order valence-electron chi connectivity index (χ2n) is 8.56. The molecule has 3 rings (SSSR count). The Morgan fingerprint density at radius 2 is 2.04 bits per heavy atom. The van der Waals surface area contributed by atoms with Crippen molar-refractivity contribution >= 4 is 22.8 Å². The number of fused-ring (bicyclic) bond motifs is 1. The molecule has 2 aromatic rings. The minimum Gasteiger partial charge on any atom is -0.481 e. The molecular weight excluding hydrogens is 356 g/mol. The van der Waals surface area contributed by atoms with Crippen LogP contribution in [0.2, 0.25) is 0 Å². The highest BCUT2D eigenvalue weighted by atomic mass is 16.4. The van der Waals surface area contributed by atoms with Crippen molar-refractivity contribution in [3.05, 3.63) is 35.0 Å². The van der Waals surface area contributed by atoms with Crippen LogP contribution in [0.4, 0.5) is 0 Å². The average molecular weight is 386 g/mol. The Labute approximate surface area is 165 Å². The first-order chi connectivity index (χ1) is 13.2. The number of likely N-dealkylation sites (tertiary alicyclic amines) is 1. The van der Waals surface area contributed by atoms with E-state index in [1.54, 1.807) is 11.0 Å². The molecule has 0 radical (unpaired) electrons. The Kier molecular flexibility index (Phi) is 5.53. The van der Waals surface area contributed by atoms with Crippen molar-refractivity contribution in [1.29, 1.82) is 0 Å². The first-order valence-electron chi connectivity index (χ1n) is 9.95. The predicted molar refractivity (Wildman–Crippen MR) is 108 cm³/mol. The minimum absolute atomic E-state index is 0.0399. The maximum absolute atomic E-state index is 13.2. The smallest absolute Gasteiger partial charge is 0.314 e. The zero-order chi connectivity index (χ0) is 20.6. The van der Waals surface area contributed by atoms with E-state index < -0.39 is 17.5 Å². The lowest BCUT2D eigenvalue weighted by atomic mass is 9.72. The number of carboxylic acid groups (broad SMARTS) is 1. The lowest BCUT2D eigenvalue weighted by Crippen LogP contribution is -2.57. The van der Waals surface area contributed by atoms with Crippen LogP contribution in [0.25, 0.3) is 10.9 Å². The van der Waals surface area contributed by atoms with Gasteiger partial charge in [0, 0.05) is 35.2 Å². The van der Waals surface area contributed by atoms with Crippen molar-refractivity contribution in [2.45, 2.75) is 53.1 Å². The number of aromatic amines is 1. The Morgan fingerprint density at radius 3 is 2.68 bits per heavy atom. The van der Waals surface area contributed by atoms with Gasteiger partial charge in [-0.15, -0.1) is 0 Å². The number of aromatic nitrogens is 1. The molecule has 0 unspecified atom stereocenters. The van der Waals surface area contributed by atoms with Crippen LogP contribution < -0.4 is 0 Å². The highest BCUT2D eigenvalue weighted by Gasteiger charge is 2.49. The molecule has 1 amide bonds. The molecule has 1 saturated heterocycles. The number of hydrogen-bond acceptors (Lipinski definition) is 3. The molecule has 0 spiro atoms. The summed E-state index contributed by atoms with van der Waals surface area (Å²) in [5, 5.41) is 21.5. The largest absolute Gasteiger partial charge is 0.481 e. The quantitative estimate of drug-likeness (QED) is 0.733. The summed E-state index contributed by atoms with van der Waals surface area (Å²) in [6, 6.07) is 5.55. The number of amides is 1. The normalized spacial score (nSPS) is 22.8. The molecule has 2 atom stereocenters. The Bertz CT molecular complexity index is 901. The van der Waals surface area contributed by atoms with E-state index >= 15 is 0 Å². The third-order valence-electron chi connectivity index (χ3n) is 6.22. The fraction of sp³-hybridized carbons (Fsp3) is 0.545. The number of carbonyl (C=O) groups excluding carboxylic acids is 1. The fourth-order valence-corrected chi connectivity index (χ4v) is 4.14. The molecule has 1 aliphatic rings. The molecule has 28 heavy (non-hydrogen) atoms. The van der Waals surface area contributed by atoms with E-state index in [9.17, 15) is 19.8 Å². The number of hydrogen-bond donors (Lipinski definition) is 3. The summed E-state index contributed by atoms with van der Waals surface area (Å²) in [5.74, 6) is -0.871. The molecule has 1 aromatic carbocycles. The van der Waals surface area contributed by atoms with Gasteiger partial charge in [-0.1, -0.05) is 13.8 Å². The number of aliphatic hydroxyl groups excluding tert-OH is 1. The molecule has 2 heterocycles. The van der Waals surface area contributed by atoms with Crippen LogP contribution in [0.3, 0.4) is 0 Å². The number of aliphatic hydroxyl groups is 1. The van der Waals surface area contributed by atoms with E-state index in [1.807, 2.05) is 39.8 Å². The molecule has 6 heteroatoms. The number of piperidine rings is 1. The Balaban J connectivity index is 1.89. The molecule has 6 nitrogen and oxygen atoms in total. The fourth-order valence-electron chi connectivity index (χ4n) is 4.14. The summed E-state index contributed by atoms with van der Waals surface area (Å²) in [6.07, 6.45) is 0.393. The van der Waals surface area contributed by atoms with E-state index in [2.05, 4.69) is 4.98 Å². The predicted octanol–water partition coefficient (Wildman–Crippen LogP) is 3.50. The van der Waals surface area contributed by atoms with Crippen molar-refractivity contribution in [3.8, 4) is 0 Å². The van der Waals surface area contributed by atoms with Crippen LogP contribution in [0.15, 0.2) is 18.2 Å². The third-order valence-corrected chi connectivity index (χ3v) is 6.22. The first-order valence-corrected chi connectivity index (χ1v) is 9.95. The van der Waals surface area contributed by atoms with Gasteiger partial charge in [-0.05, 0) is 62.8 Å². The summed E-state index contributed by atoms with van der Waals surface area (Å²) in [7, 11) is 0. The van der Waals surface area contributed by atoms with E-state index in [0.29, 0.717) is 30.9 Å². The van der Waals surface area contributed by atoms with E-state index in [0.717, 1.165) is 22.2 Å². The van der Waals surface area contributed by atoms with Crippen LogP contribution in [0.5, 0.6) is 0 Å². The number of carboxylic acids is 1. The zero-order valence-electron chi connectivity index (χ0n) is 17.1. The molecule has 3 N–H and O–H groups in total. The number of rotatable bonds is 5. The van der Waals surface area contributed by atoms with Gasteiger partial charge in [-0.2, -0.15) is 0 Å². The topological polar surface area (TPSA) is 93.6 Å². The maximum Gasteiger partial charge on any atom is 0.314 e. The van der Waals surface area contributed by atoms with Crippen molar-refractivity contribution in [1.82, 2.24) is 9.88 Å². The third kappa shape index (κ3) is 3.53. The highest BCUT2D eigenvalue weighted by Crippen LogP contribution is 2.37. The van der Waals surface area contributed by atoms with Gasteiger partial charge in [-0.3, -0.25) is 9.59 Å². The number of aryl methyl sites for hydroxylation is 2. The molecular formula is C22H30N2O4. The summed E-state index contributed by atoms with van der Waals surface area (Å²) in [4.78, 5) is 30.2. The SMILES string of the molecule is Cc1[nH]c2ccc(C(=O)N3CC[C@@H](O)[C@](CCC(C)C)(C(=O)O)C3)cc2c1C. The standard InChI is InChI=1S/C22H30N2O4/c1-13(2)7-9-22(21(27)28)12-24(10-8-19(22)25)20(26)16-5-6-18-17(11-16)14(3)15(4)23-18/h5-6,11,13,19,23,25H,7-10,12H2,1-4H3,(H,27,28)/t19-,22-/m1/s1. The van der Waals surface area contributed by atoms with Gasteiger partial charge in [0.1, 0.15) is 5.41 Å². The maximum atomic E-state index is 13.2. The molecule has 0 bridgehead atoms. The second kappa shape index (κ2) is 7.59. The van der Waals surface area contributed by atoms with Crippen LogP contribution in [-0.2, 0) is 4.79 Å². The van der Waals surface area contributed by atoms with Crippen molar-refractivity contribution in [2.75, 3.05) is 13.1 Å². The van der Waals surface area contributed by atoms with Crippen LogP contribution >= 0.6 is 0 Å². The monoisotopic (exact) mass is 386 g/mol. The summed E-state index contributed by atoms with van der Waals surface area (Å²) < 4.78 is 0. The minimum atomic E-state index is -1.30. The summed E-state index contributed by atoms with van der Waals surface area (Å²) in [6.45, 7) is 8.48. The number of carbonyl (C=O) groups is 2. The van der Waals surface area contributed by atoms with Gasteiger partial charge in [-0.25, -0.2) is 0 Å². The number of nitrogens with zero attached hydrogens (tertiary/aromatic N) is 1. The lowest BCUT2D eigenvalue weighted by Gasteiger charge is -2.43. The molecule has 1 fully saturated rings. The zero-order valence-corrected chi connectivity index (χ0v) is 17.1. The van der Waals surface area contributed by atoms with Gasteiger partial charge in [0.05, 0.1) is 6.10 Å². The number of H-pyrrole nitrogens is 1. The molecule has 0 saturated carbocycles. The lowest BCUT2D eigenvalue weighted by molar-refractivity contribution is -0.163. The van der Waals surface area contributed by atoms with Gasteiger partial charge in [0.2, 0.25) is 0 Å². The van der Waals surface area contributed by atoms with Crippen molar-refractivity contribution < 1.29 is 19.8 Å². The van der Waals surface area contributed by atoms with Crippen LogP contribution in [0.1, 0.15) is 54.7 Å². The van der Waals surface area contributed by atoms with Crippen LogP contribution in [-0.4, -0.2) is 51.2 Å².